The fourth-order valence-corrected chi connectivity index (χ4v) is 14.1. The van der Waals surface area contributed by atoms with Gasteiger partial charge in [-0.05, 0) is 140 Å². The summed E-state index contributed by atoms with van der Waals surface area (Å²) < 4.78 is 8.07. The molecule has 3 aliphatic heterocycles. The van der Waals surface area contributed by atoms with Crippen molar-refractivity contribution < 1.29 is 0 Å². The largest absolute Gasteiger partial charge is 0.309 e. The molecule has 0 amide bonds. The number of nitrogens with zero attached hydrogens (tertiary/aromatic N) is 3. The highest BCUT2D eigenvalue weighted by molar-refractivity contribution is 7.33. The summed E-state index contributed by atoms with van der Waals surface area (Å²) in [5.74, 6) is 0. The molecule has 0 saturated carbocycles. The van der Waals surface area contributed by atoms with E-state index in [0.717, 1.165) is 0 Å². The maximum Gasteiger partial charge on any atom is 0.264 e. The van der Waals surface area contributed by atoms with E-state index in [0.29, 0.717) is 0 Å². The van der Waals surface area contributed by atoms with Gasteiger partial charge in [0.25, 0.3) is 6.71 Å². The standard InChI is InChI=1S/C61H58BN3S2/c1-33-25-45-53-46(26-33)65-47-31-36(60(8,9)10)29-40-39-27-34(58(2,3)4)21-23-43(39)63(54(40)47)48-32-37(61(11,12)13)30-42(56(48)65)62(53)57-55(41-28-35(59(5,6)7)22-24-50(41)67-57)64(45)44-18-16-20-51-52(44)38-17-14-15-19-49(38)66-51/h14-32H,1-13H3. The first kappa shape index (κ1) is 41.4. The van der Waals surface area contributed by atoms with Crippen LogP contribution in [0.4, 0.5) is 34.1 Å². The second kappa shape index (κ2) is 13.2. The zero-order valence-electron chi connectivity index (χ0n) is 41.2. The van der Waals surface area contributed by atoms with Crippen molar-refractivity contribution in [2.45, 2.75) is 112 Å². The van der Waals surface area contributed by atoms with E-state index in [-0.39, 0.29) is 28.4 Å². The summed E-state index contributed by atoms with van der Waals surface area (Å²) in [6, 6.07) is 45.9. The molecule has 0 spiro atoms. The van der Waals surface area contributed by atoms with Gasteiger partial charge >= 0.3 is 0 Å². The zero-order chi connectivity index (χ0) is 46.6. The third kappa shape index (κ3) is 5.69. The van der Waals surface area contributed by atoms with Crippen LogP contribution in [0.15, 0.2) is 115 Å². The van der Waals surface area contributed by atoms with E-state index in [4.69, 9.17) is 0 Å². The molecule has 3 aromatic heterocycles. The number of benzene rings is 7. The van der Waals surface area contributed by atoms with Gasteiger partial charge in [-0.3, -0.25) is 0 Å². The van der Waals surface area contributed by atoms with Crippen LogP contribution in [0, 0.1) is 6.92 Å². The Morgan fingerprint density at radius 3 is 1.72 bits per heavy atom. The Hall–Kier alpha value is -5.82. The third-order valence-electron chi connectivity index (χ3n) is 15.3. The molecule has 0 N–H and O–H groups in total. The Morgan fingerprint density at radius 2 is 1.01 bits per heavy atom. The highest BCUT2D eigenvalue weighted by Crippen LogP contribution is 2.56. The van der Waals surface area contributed by atoms with Gasteiger partial charge in [-0.15, -0.1) is 22.7 Å². The second-order valence-electron chi connectivity index (χ2n) is 24.0. The van der Waals surface area contributed by atoms with Gasteiger partial charge in [-0.2, -0.15) is 0 Å². The van der Waals surface area contributed by atoms with E-state index in [2.05, 4.69) is 220 Å². The van der Waals surface area contributed by atoms with Gasteiger partial charge in [-0.25, -0.2) is 0 Å². The van der Waals surface area contributed by atoms with Crippen molar-refractivity contribution in [3.05, 3.63) is 143 Å². The Labute approximate surface area is 403 Å². The molecule has 13 rings (SSSR count). The number of aryl methyl sites for hydroxylation is 1. The van der Waals surface area contributed by atoms with Gasteiger partial charge < -0.3 is 14.4 Å². The molecule has 0 aliphatic carbocycles. The smallest absolute Gasteiger partial charge is 0.264 e. The third-order valence-corrected chi connectivity index (χ3v) is 17.6. The van der Waals surface area contributed by atoms with Crippen LogP contribution in [-0.4, -0.2) is 11.3 Å². The number of aromatic nitrogens is 1. The van der Waals surface area contributed by atoms with Crippen LogP contribution in [-0.2, 0) is 21.7 Å². The highest BCUT2D eigenvalue weighted by Gasteiger charge is 2.49. The van der Waals surface area contributed by atoms with Crippen LogP contribution in [0.2, 0.25) is 0 Å². The number of hydrogen-bond acceptors (Lipinski definition) is 4. The molecule has 3 aliphatic rings. The number of anilines is 6. The molecule has 7 aromatic carbocycles. The van der Waals surface area contributed by atoms with Crippen molar-refractivity contribution in [2.24, 2.45) is 0 Å². The minimum atomic E-state index is -0.0917. The number of fused-ring (bicyclic) bond motifs is 14. The lowest BCUT2D eigenvalue weighted by Gasteiger charge is -2.46. The van der Waals surface area contributed by atoms with Crippen molar-refractivity contribution in [2.75, 3.05) is 9.80 Å². The van der Waals surface area contributed by atoms with Gasteiger partial charge in [0, 0.05) is 57.2 Å². The predicted octanol–water partition coefficient (Wildman–Crippen LogP) is 16.3. The summed E-state index contributed by atoms with van der Waals surface area (Å²) in [6.07, 6.45) is 0. The molecular formula is C61H58BN3S2. The summed E-state index contributed by atoms with van der Waals surface area (Å²) >= 11 is 3.92. The van der Waals surface area contributed by atoms with Crippen LogP contribution < -0.4 is 25.5 Å². The molecule has 332 valence electrons. The van der Waals surface area contributed by atoms with E-state index in [1.54, 1.807) is 0 Å². The van der Waals surface area contributed by atoms with Crippen LogP contribution in [0.3, 0.4) is 0 Å². The molecule has 10 aromatic rings. The van der Waals surface area contributed by atoms with Crippen molar-refractivity contribution in [3.63, 3.8) is 0 Å². The van der Waals surface area contributed by atoms with Crippen molar-refractivity contribution >= 4 is 131 Å². The molecular weight excluding hydrogens is 850 g/mol. The SMILES string of the molecule is Cc1cc2c3c(c1)N1c4c(cc(C(C)(C)C)cc4-n4c5ccc(C(C)(C)C)cc5c5cc(C(C)(C)C)cc1c54)B3c1sc3ccc(C(C)(C)C)cc3c1N2c1cccc2sc3ccccc3c12. The van der Waals surface area contributed by atoms with Gasteiger partial charge in [0.1, 0.15) is 0 Å². The summed E-state index contributed by atoms with van der Waals surface area (Å²) in [5.41, 5.74) is 21.0. The molecule has 0 atom stereocenters. The Bertz CT molecular complexity index is 3830. The van der Waals surface area contributed by atoms with Crippen LogP contribution in [0.5, 0.6) is 0 Å². The molecule has 67 heavy (non-hydrogen) atoms. The summed E-state index contributed by atoms with van der Waals surface area (Å²) in [6.45, 7) is 30.7. The fourth-order valence-electron chi connectivity index (χ4n) is 11.7. The monoisotopic (exact) mass is 907 g/mol. The minimum absolute atomic E-state index is 0.00296. The molecule has 0 saturated heterocycles. The van der Waals surface area contributed by atoms with E-state index >= 15 is 0 Å². The lowest BCUT2D eigenvalue weighted by Crippen LogP contribution is -2.61. The second-order valence-corrected chi connectivity index (χ2v) is 26.2. The molecule has 0 unspecified atom stereocenters. The van der Waals surface area contributed by atoms with E-state index in [1.165, 1.54) is 135 Å². The molecule has 0 radical (unpaired) electrons. The van der Waals surface area contributed by atoms with Crippen molar-refractivity contribution in [1.82, 2.24) is 4.57 Å². The lowest BCUT2D eigenvalue weighted by atomic mass is 9.35. The molecule has 3 nitrogen and oxygen atoms in total. The van der Waals surface area contributed by atoms with Gasteiger partial charge in [0.05, 0.1) is 39.5 Å². The first-order valence-corrected chi connectivity index (χ1v) is 25.8. The minimum Gasteiger partial charge on any atom is -0.309 e. The van der Waals surface area contributed by atoms with E-state index < -0.39 is 0 Å². The van der Waals surface area contributed by atoms with Crippen LogP contribution >= 0.6 is 22.7 Å². The zero-order valence-corrected chi connectivity index (χ0v) is 42.8. The Morgan fingerprint density at radius 1 is 0.433 bits per heavy atom. The molecule has 0 fully saturated rings. The summed E-state index contributed by atoms with van der Waals surface area (Å²) in [5, 5.41) is 6.66. The number of hydrogen-bond donors (Lipinski definition) is 0. The Kier molecular flexibility index (Phi) is 8.18. The lowest BCUT2D eigenvalue weighted by molar-refractivity contribution is 0.590. The average Bonchev–Trinajstić information content (AvgIpc) is 3.94. The Balaban J connectivity index is 1.23. The predicted molar refractivity (Wildman–Crippen MR) is 296 cm³/mol. The van der Waals surface area contributed by atoms with Crippen LogP contribution in [0.1, 0.15) is 111 Å². The molecule has 0 bridgehead atoms. The van der Waals surface area contributed by atoms with Gasteiger partial charge in [-0.1, -0.05) is 126 Å². The quantitative estimate of drug-likeness (QED) is 0.152. The molecule has 6 heteroatoms. The van der Waals surface area contributed by atoms with Crippen molar-refractivity contribution in [1.29, 1.82) is 0 Å². The normalized spacial score (nSPS) is 14.6. The first-order chi connectivity index (χ1) is 31.7. The van der Waals surface area contributed by atoms with Crippen LogP contribution in [0.25, 0.3) is 57.8 Å². The van der Waals surface area contributed by atoms with E-state index in [9.17, 15) is 0 Å². The molecule has 6 heterocycles. The van der Waals surface area contributed by atoms with Gasteiger partial charge in [0.15, 0.2) is 0 Å². The average molecular weight is 908 g/mol. The highest BCUT2D eigenvalue weighted by atomic mass is 32.1. The summed E-state index contributed by atoms with van der Waals surface area (Å²) in [4.78, 5) is 5.43. The topological polar surface area (TPSA) is 11.4 Å². The fraction of sp³-hybridized carbons (Fsp3) is 0.279. The van der Waals surface area contributed by atoms with Crippen molar-refractivity contribution in [3.8, 4) is 5.69 Å². The first-order valence-electron chi connectivity index (χ1n) is 24.2. The number of rotatable bonds is 1. The maximum atomic E-state index is 2.72. The number of thiophene rings is 2. The van der Waals surface area contributed by atoms with Gasteiger partial charge in [0.2, 0.25) is 0 Å². The maximum absolute atomic E-state index is 2.72. The van der Waals surface area contributed by atoms with E-state index in [1.807, 2.05) is 22.7 Å². The summed E-state index contributed by atoms with van der Waals surface area (Å²) in [7, 11) is 0.